The van der Waals surface area contributed by atoms with Crippen molar-refractivity contribution in [2.45, 2.75) is 26.2 Å². The lowest BCUT2D eigenvalue weighted by atomic mass is 9.87. The Morgan fingerprint density at radius 1 is 0.897 bits per heavy atom. The minimum absolute atomic E-state index is 0.0416. The van der Waals surface area contributed by atoms with Crippen molar-refractivity contribution in [2.75, 3.05) is 36.4 Å². The summed E-state index contributed by atoms with van der Waals surface area (Å²) in [5.41, 5.74) is 2.37. The van der Waals surface area contributed by atoms with Gasteiger partial charge in [-0.2, -0.15) is 0 Å². The van der Waals surface area contributed by atoms with Crippen molar-refractivity contribution in [3.8, 4) is 11.5 Å². The first kappa shape index (κ1) is 22.6. The van der Waals surface area contributed by atoms with E-state index in [9.17, 15) is 9.59 Å². The van der Waals surface area contributed by atoms with Crippen LogP contribution in [0.1, 0.15) is 26.3 Å². The van der Waals surface area contributed by atoms with Crippen LogP contribution in [0.5, 0.6) is 11.5 Å². The molecular formula is C22H28N2O4S. The fourth-order valence-corrected chi connectivity index (χ4v) is 3.18. The number of carbonyl (C=O) groups excluding carboxylic acids is 2. The second kappa shape index (κ2) is 10.2. The van der Waals surface area contributed by atoms with Crippen molar-refractivity contribution in [1.82, 2.24) is 0 Å². The molecule has 0 aliphatic rings. The van der Waals surface area contributed by atoms with Gasteiger partial charge in [0.15, 0.2) is 0 Å². The van der Waals surface area contributed by atoms with Gasteiger partial charge in [-0.1, -0.05) is 26.8 Å². The highest BCUT2D eigenvalue weighted by molar-refractivity contribution is 8.00. The van der Waals surface area contributed by atoms with E-state index in [1.54, 1.807) is 38.5 Å². The number of thioether (sulfide) groups is 1. The van der Waals surface area contributed by atoms with Crippen molar-refractivity contribution in [3.63, 3.8) is 0 Å². The average Bonchev–Trinajstić information content (AvgIpc) is 2.67. The minimum Gasteiger partial charge on any atom is -0.497 e. The highest BCUT2D eigenvalue weighted by Crippen LogP contribution is 2.31. The number of methoxy groups -OCH3 is 2. The summed E-state index contributed by atoms with van der Waals surface area (Å²) in [5.74, 6) is 1.32. The molecule has 0 spiro atoms. The number of anilines is 2. The third-order valence-corrected chi connectivity index (χ3v) is 5.11. The molecule has 2 N–H and O–H groups in total. The molecule has 0 aromatic heterocycles. The quantitative estimate of drug-likeness (QED) is 0.671. The van der Waals surface area contributed by atoms with Crippen LogP contribution in [0.25, 0.3) is 0 Å². The van der Waals surface area contributed by atoms with Crippen molar-refractivity contribution < 1.29 is 19.1 Å². The van der Waals surface area contributed by atoms with Crippen LogP contribution in [-0.2, 0) is 15.0 Å². The Morgan fingerprint density at radius 2 is 1.52 bits per heavy atom. The molecule has 156 valence electrons. The molecule has 2 aromatic carbocycles. The number of amides is 2. The molecule has 0 aliphatic carbocycles. The summed E-state index contributed by atoms with van der Waals surface area (Å²) in [6.07, 6.45) is 0. The minimum atomic E-state index is -0.184. The molecule has 0 bridgehead atoms. The van der Waals surface area contributed by atoms with Crippen molar-refractivity contribution in [2.24, 2.45) is 0 Å². The van der Waals surface area contributed by atoms with Gasteiger partial charge in [-0.25, -0.2) is 0 Å². The fourth-order valence-electron chi connectivity index (χ4n) is 2.57. The van der Waals surface area contributed by atoms with E-state index in [1.165, 1.54) is 11.8 Å². The van der Waals surface area contributed by atoms with Crippen molar-refractivity contribution in [3.05, 3.63) is 48.0 Å². The Labute approximate surface area is 176 Å². The van der Waals surface area contributed by atoms with E-state index in [4.69, 9.17) is 9.47 Å². The largest absolute Gasteiger partial charge is 0.497 e. The van der Waals surface area contributed by atoms with Crippen LogP contribution in [0.2, 0.25) is 0 Å². The van der Waals surface area contributed by atoms with Gasteiger partial charge in [0.1, 0.15) is 11.5 Å². The van der Waals surface area contributed by atoms with E-state index in [0.717, 1.165) is 11.3 Å². The normalized spacial score (nSPS) is 10.9. The van der Waals surface area contributed by atoms with E-state index in [2.05, 4.69) is 31.4 Å². The number of carbonyl (C=O) groups is 2. The lowest BCUT2D eigenvalue weighted by molar-refractivity contribution is -0.114. The number of hydrogen-bond donors (Lipinski definition) is 2. The molecule has 0 saturated carbocycles. The molecule has 0 radical (unpaired) electrons. The summed E-state index contributed by atoms with van der Waals surface area (Å²) in [6, 6.07) is 12.9. The van der Waals surface area contributed by atoms with Crippen LogP contribution in [0.3, 0.4) is 0 Å². The van der Waals surface area contributed by atoms with Crippen molar-refractivity contribution in [1.29, 1.82) is 0 Å². The second-order valence-electron chi connectivity index (χ2n) is 7.48. The number of hydrogen-bond acceptors (Lipinski definition) is 5. The topological polar surface area (TPSA) is 76.7 Å². The zero-order valence-corrected chi connectivity index (χ0v) is 18.3. The second-order valence-corrected chi connectivity index (χ2v) is 8.47. The molecule has 0 atom stereocenters. The standard InChI is InChI=1S/C22H28N2O4S/c1-22(2,3)15-6-11-19(28-5)18(12-15)24-21(26)14-29-13-20(25)23-16-7-9-17(27-4)10-8-16/h6-12H,13-14H2,1-5H3,(H,23,25)(H,24,26). The fraction of sp³-hybridized carbons (Fsp3) is 0.364. The lowest BCUT2D eigenvalue weighted by Crippen LogP contribution is -2.19. The SMILES string of the molecule is COc1ccc(NC(=O)CSCC(=O)Nc2cc(C(C)(C)C)ccc2OC)cc1. The highest BCUT2D eigenvalue weighted by atomic mass is 32.2. The van der Waals surface area contributed by atoms with Gasteiger partial charge >= 0.3 is 0 Å². The molecule has 29 heavy (non-hydrogen) atoms. The average molecular weight is 417 g/mol. The Hall–Kier alpha value is -2.67. The molecule has 7 heteroatoms. The summed E-state index contributed by atoms with van der Waals surface area (Å²) in [6.45, 7) is 6.33. The summed E-state index contributed by atoms with van der Waals surface area (Å²) in [5, 5.41) is 5.67. The van der Waals surface area contributed by atoms with Gasteiger partial charge in [0.05, 0.1) is 31.4 Å². The zero-order chi connectivity index (χ0) is 21.4. The number of benzene rings is 2. The number of ether oxygens (including phenoxy) is 2. The molecule has 2 rings (SSSR count). The predicted octanol–water partition coefficient (Wildman–Crippen LogP) is 4.31. The first-order valence-corrected chi connectivity index (χ1v) is 10.4. The molecule has 6 nitrogen and oxygen atoms in total. The van der Waals surface area contributed by atoms with E-state index >= 15 is 0 Å². The molecular weight excluding hydrogens is 388 g/mol. The summed E-state index contributed by atoms with van der Waals surface area (Å²) in [4.78, 5) is 24.4. The number of nitrogens with one attached hydrogen (secondary N) is 2. The van der Waals surface area contributed by atoms with Crippen LogP contribution < -0.4 is 20.1 Å². The smallest absolute Gasteiger partial charge is 0.234 e. The third-order valence-electron chi connectivity index (χ3n) is 4.18. The Balaban J connectivity index is 1.85. The van der Waals surface area contributed by atoms with Crippen LogP contribution in [0.15, 0.2) is 42.5 Å². The molecule has 0 fully saturated rings. The van der Waals surface area contributed by atoms with Gasteiger partial charge in [0.2, 0.25) is 11.8 Å². The summed E-state index contributed by atoms with van der Waals surface area (Å²) < 4.78 is 10.4. The Bertz CT molecular complexity index is 845. The summed E-state index contributed by atoms with van der Waals surface area (Å²) in [7, 11) is 3.16. The van der Waals surface area contributed by atoms with E-state index in [0.29, 0.717) is 17.1 Å². The van der Waals surface area contributed by atoms with E-state index < -0.39 is 0 Å². The third kappa shape index (κ3) is 7.02. The lowest BCUT2D eigenvalue weighted by Gasteiger charge is -2.21. The van der Waals surface area contributed by atoms with Gasteiger partial charge in [-0.05, 0) is 47.4 Å². The monoisotopic (exact) mass is 416 g/mol. The maximum absolute atomic E-state index is 12.3. The zero-order valence-electron chi connectivity index (χ0n) is 17.5. The van der Waals surface area contributed by atoms with Gasteiger partial charge in [-0.3, -0.25) is 9.59 Å². The predicted molar refractivity (Wildman–Crippen MR) is 119 cm³/mol. The first-order chi connectivity index (χ1) is 13.7. The van der Waals surface area contributed by atoms with Gasteiger partial charge in [-0.15, -0.1) is 11.8 Å². The maximum Gasteiger partial charge on any atom is 0.234 e. The Morgan fingerprint density at radius 3 is 2.07 bits per heavy atom. The summed E-state index contributed by atoms with van der Waals surface area (Å²) >= 11 is 1.25. The first-order valence-electron chi connectivity index (χ1n) is 9.23. The van der Waals surface area contributed by atoms with Gasteiger partial charge < -0.3 is 20.1 Å². The Kier molecular flexibility index (Phi) is 7.96. The van der Waals surface area contributed by atoms with E-state index in [-0.39, 0.29) is 28.7 Å². The maximum atomic E-state index is 12.3. The molecule has 0 unspecified atom stereocenters. The molecule has 0 aliphatic heterocycles. The van der Waals surface area contributed by atoms with Gasteiger partial charge in [0, 0.05) is 5.69 Å². The molecule has 0 saturated heterocycles. The van der Waals surface area contributed by atoms with Crippen LogP contribution >= 0.6 is 11.8 Å². The molecule has 0 heterocycles. The van der Waals surface area contributed by atoms with Gasteiger partial charge in [0.25, 0.3) is 0 Å². The molecule has 2 aromatic rings. The van der Waals surface area contributed by atoms with Crippen LogP contribution in [0, 0.1) is 0 Å². The van der Waals surface area contributed by atoms with Crippen molar-refractivity contribution >= 4 is 35.0 Å². The van der Waals surface area contributed by atoms with E-state index in [1.807, 2.05) is 18.2 Å². The highest BCUT2D eigenvalue weighted by Gasteiger charge is 2.17. The van der Waals surface area contributed by atoms with Crippen LogP contribution in [0.4, 0.5) is 11.4 Å². The molecule has 2 amide bonds. The number of rotatable bonds is 8. The van der Waals surface area contributed by atoms with Crippen LogP contribution in [-0.4, -0.2) is 37.5 Å².